The lowest BCUT2D eigenvalue weighted by molar-refractivity contribution is -0.138. The highest BCUT2D eigenvalue weighted by atomic mass is 35.5. The SMILES string of the molecule is COc1ccc(OC)c(C=Cc2ccc(N3C(=O)C4CC=C5C(CC6C(=O)N(Nc7ccc(C)cc7)C(=O)C6(c6ccccc6)C5c5cc(Cl)ccc5O)C4C3=O)cc2)c1. The molecule has 3 fully saturated rings. The van der Waals surface area contributed by atoms with Crippen LogP contribution in [0.15, 0.2) is 127 Å². The van der Waals surface area contributed by atoms with E-state index in [1.165, 1.54) is 11.0 Å². The molecule has 5 aromatic carbocycles. The van der Waals surface area contributed by atoms with Crippen LogP contribution in [0.5, 0.6) is 17.2 Å². The van der Waals surface area contributed by atoms with E-state index in [9.17, 15) is 19.5 Å². The van der Waals surface area contributed by atoms with Crippen molar-refractivity contribution in [1.29, 1.82) is 0 Å². The first-order valence-corrected chi connectivity index (χ1v) is 20.3. The van der Waals surface area contributed by atoms with Gasteiger partial charge in [0.05, 0.1) is 48.8 Å². The van der Waals surface area contributed by atoms with Crippen molar-refractivity contribution in [2.45, 2.75) is 31.1 Å². The zero-order valence-electron chi connectivity index (χ0n) is 33.2. The molecule has 0 radical (unpaired) electrons. The average molecular weight is 820 g/mol. The van der Waals surface area contributed by atoms with Crippen LogP contribution in [-0.4, -0.2) is 48.0 Å². The van der Waals surface area contributed by atoms with E-state index in [0.29, 0.717) is 39.0 Å². The number of aryl methyl sites for hydroxylation is 1. The van der Waals surface area contributed by atoms with Crippen LogP contribution in [0.4, 0.5) is 11.4 Å². The van der Waals surface area contributed by atoms with Gasteiger partial charge in [0.15, 0.2) is 0 Å². The Labute approximate surface area is 352 Å². The van der Waals surface area contributed by atoms with Gasteiger partial charge in [0.25, 0.3) is 11.8 Å². The Morgan fingerprint density at radius 1 is 0.800 bits per heavy atom. The first kappa shape index (κ1) is 38.8. The number of ether oxygens (including phenoxy) is 2. The molecule has 0 bridgehead atoms. The maximum atomic E-state index is 15.3. The molecule has 1 saturated carbocycles. The number of amides is 4. The molecule has 10 nitrogen and oxygen atoms in total. The van der Waals surface area contributed by atoms with Gasteiger partial charge >= 0.3 is 0 Å². The van der Waals surface area contributed by atoms with E-state index in [-0.39, 0.29) is 30.4 Å². The third-order valence-electron chi connectivity index (χ3n) is 12.7. The number of hydrogen-bond acceptors (Lipinski definition) is 8. The number of phenolic OH excluding ortho intramolecular Hbond substituents is 1. The summed E-state index contributed by atoms with van der Waals surface area (Å²) in [7, 11) is 3.20. The number of hydrazine groups is 1. The molecular weight excluding hydrogens is 778 g/mol. The Kier molecular flexibility index (Phi) is 9.83. The standard InChI is InChI=1S/C49H42ClN3O7/c1-28-9-16-33(17-10-28)51-53-46(56)40-27-38-36(44(39-26-32(50)15-23-41(39)54)49(40,48(53)58)31-7-5-4-6-8-31)21-22-37-43(38)47(57)52(45(37)55)34-18-12-29(13-19-34)11-14-30-25-35(59-2)20-24-42(30)60-3/h4-21,23-26,37-38,40,43-44,51,54H,22,27H2,1-3H3. The molecule has 6 unspecified atom stereocenters. The summed E-state index contributed by atoms with van der Waals surface area (Å²) in [6.07, 6.45) is 6.14. The van der Waals surface area contributed by atoms with Crippen molar-refractivity contribution in [3.63, 3.8) is 0 Å². The molecule has 2 aliphatic heterocycles. The highest BCUT2D eigenvalue weighted by Crippen LogP contribution is 2.65. The van der Waals surface area contributed by atoms with Crippen LogP contribution in [0.3, 0.4) is 0 Å². The summed E-state index contributed by atoms with van der Waals surface area (Å²) in [4.78, 5) is 60.7. The van der Waals surface area contributed by atoms with E-state index in [0.717, 1.165) is 27.3 Å². The predicted octanol–water partition coefficient (Wildman–Crippen LogP) is 8.73. The number of imide groups is 2. The summed E-state index contributed by atoms with van der Waals surface area (Å²) < 4.78 is 10.9. The van der Waals surface area contributed by atoms with E-state index < -0.39 is 46.8 Å². The second kappa shape index (κ2) is 15.2. The third kappa shape index (κ3) is 6.16. The molecule has 5 aromatic rings. The molecule has 60 heavy (non-hydrogen) atoms. The lowest BCUT2D eigenvalue weighted by Crippen LogP contribution is -2.53. The van der Waals surface area contributed by atoms with E-state index in [2.05, 4.69) is 5.43 Å². The largest absolute Gasteiger partial charge is 0.508 e. The van der Waals surface area contributed by atoms with Gasteiger partial charge in [-0.1, -0.05) is 95.6 Å². The van der Waals surface area contributed by atoms with Crippen LogP contribution in [0.1, 0.15) is 46.6 Å². The number of carbonyl (C=O) groups is 4. The molecule has 0 aromatic heterocycles. The number of methoxy groups -OCH3 is 2. The number of phenols is 1. The third-order valence-corrected chi connectivity index (χ3v) is 13.0. The topological polar surface area (TPSA) is 125 Å². The van der Waals surface area contributed by atoms with Crippen LogP contribution in [-0.2, 0) is 24.6 Å². The number of nitrogens with one attached hydrogen (secondary N) is 1. The fourth-order valence-corrected chi connectivity index (χ4v) is 10.2. The van der Waals surface area contributed by atoms with Crippen molar-refractivity contribution >= 4 is 58.8 Å². The number of fused-ring (bicyclic) bond motifs is 4. The smallest absolute Gasteiger partial charge is 0.260 e. The molecule has 2 heterocycles. The fraction of sp³-hybridized carbons (Fsp3) is 0.224. The Bertz CT molecular complexity index is 2610. The minimum Gasteiger partial charge on any atom is -0.508 e. The number of carbonyl (C=O) groups excluding carboxylic acids is 4. The van der Waals surface area contributed by atoms with E-state index in [4.69, 9.17) is 21.1 Å². The lowest BCUT2D eigenvalue weighted by Gasteiger charge is -2.50. The average Bonchev–Trinajstić information content (AvgIpc) is 3.65. The monoisotopic (exact) mass is 819 g/mol. The molecule has 2 aliphatic carbocycles. The molecule has 4 amide bonds. The van der Waals surface area contributed by atoms with Gasteiger partial charge in [0.1, 0.15) is 17.2 Å². The quantitative estimate of drug-likeness (QED) is 0.0860. The summed E-state index contributed by atoms with van der Waals surface area (Å²) in [5.41, 5.74) is 6.93. The summed E-state index contributed by atoms with van der Waals surface area (Å²) in [5.74, 6) is -4.31. The van der Waals surface area contributed by atoms with Crippen molar-refractivity contribution < 1.29 is 33.8 Å². The minimum absolute atomic E-state index is 0.0956. The molecule has 4 aliphatic rings. The molecule has 2 N–H and O–H groups in total. The first-order chi connectivity index (χ1) is 29.0. The van der Waals surface area contributed by atoms with Crippen LogP contribution < -0.4 is 19.8 Å². The maximum absolute atomic E-state index is 15.3. The molecule has 0 spiro atoms. The minimum atomic E-state index is -1.53. The number of halogens is 1. The van der Waals surface area contributed by atoms with E-state index >= 15 is 4.79 Å². The van der Waals surface area contributed by atoms with Crippen molar-refractivity contribution in [1.82, 2.24) is 5.01 Å². The molecule has 302 valence electrons. The highest BCUT2D eigenvalue weighted by Gasteiger charge is 2.70. The second-order valence-electron chi connectivity index (χ2n) is 15.8. The fourth-order valence-electron chi connectivity index (χ4n) is 9.99. The van der Waals surface area contributed by atoms with Crippen LogP contribution in [0, 0.1) is 30.6 Å². The summed E-state index contributed by atoms with van der Waals surface area (Å²) in [5, 5.41) is 13.1. The first-order valence-electron chi connectivity index (χ1n) is 19.9. The zero-order valence-corrected chi connectivity index (χ0v) is 33.9. The van der Waals surface area contributed by atoms with E-state index in [1.807, 2.05) is 97.9 Å². The normalized spacial score (nSPS) is 24.6. The Balaban J connectivity index is 1.11. The Morgan fingerprint density at radius 2 is 1.55 bits per heavy atom. The highest BCUT2D eigenvalue weighted by molar-refractivity contribution is 6.30. The van der Waals surface area contributed by atoms with Crippen molar-refractivity contribution in [2.24, 2.45) is 23.7 Å². The van der Waals surface area contributed by atoms with Gasteiger partial charge in [-0.05, 0) is 97.5 Å². The number of hydrogen-bond donors (Lipinski definition) is 2. The summed E-state index contributed by atoms with van der Waals surface area (Å²) >= 11 is 6.64. The molecule has 9 rings (SSSR count). The Morgan fingerprint density at radius 3 is 2.27 bits per heavy atom. The zero-order chi connectivity index (χ0) is 41.9. The summed E-state index contributed by atoms with van der Waals surface area (Å²) in [6.45, 7) is 1.95. The van der Waals surface area contributed by atoms with Gasteiger partial charge < -0.3 is 14.6 Å². The molecule has 2 saturated heterocycles. The van der Waals surface area contributed by atoms with Gasteiger partial charge in [0.2, 0.25) is 11.8 Å². The van der Waals surface area contributed by atoms with Crippen molar-refractivity contribution in [2.75, 3.05) is 24.5 Å². The number of aromatic hydroxyl groups is 1. The van der Waals surface area contributed by atoms with Gasteiger partial charge in [-0.15, -0.1) is 0 Å². The Hall–Kier alpha value is -6.65. The maximum Gasteiger partial charge on any atom is 0.260 e. The van der Waals surface area contributed by atoms with Crippen LogP contribution in [0.25, 0.3) is 12.2 Å². The van der Waals surface area contributed by atoms with Crippen molar-refractivity contribution in [3.05, 3.63) is 160 Å². The summed E-state index contributed by atoms with van der Waals surface area (Å²) in [6, 6.07) is 34.0. The van der Waals surface area contributed by atoms with E-state index in [1.54, 1.807) is 50.6 Å². The van der Waals surface area contributed by atoms with Gasteiger partial charge in [-0.25, -0.2) is 0 Å². The molecular formula is C49H42ClN3O7. The number of nitrogens with zero attached hydrogens (tertiary/aromatic N) is 2. The van der Waals surface area contributed by atoms with Gasteiger partial charge in [0, 0.05) is 22.1 Å². The van der Waals surface area contributed by atoms with Crippen molar-refractivity contribution in [3.8, 4) is 17.2 Å². The number of benzene rings is 5. The number of rotatable bonds is 9. The van der Waals surface area contributed by atoms with Crippen LogP contribution in [0.2, 0.25) is 5.02 Å². The number of allylic oxidation sites excluding steroid dienone is 2. The molecule has 11 heteroatoms. The van der Waals surface area contributed by atoms with Gasteiger partial charge in [-0.3, -0.25) is 29.5 Å². The van der Waals surface area contributed by atoms with Gasteiger partial charge in [-0.2, -0.15) is 5.01 Å². The second-order valence-corrected chi connectivity index (χ2v) is 16.3. The molecule has 6 atom stereocenters. The predicted molar refractivity (Wildman–Crippen MR) is 229 cm³/mol. The number of anilines is 2. The van der Waals surface area contributed by atoms with Crippen LogP contribution >= 0.6 is 11.6 Å². The lowest BCUT2D eigenvalue weighted by atomic mass is 9.49.